The molecule has 3 aromatic heterocycles. The molecule has 0 saturated heterocycles. The Morgan fingerprint density at radius 3 is 2.30 bits per heavy atom. The van der Waals surface area contributed by atoms with E-state index in [1.165, 1.54) is 38.6 Å². The van der Waals surface area contributed by atoms with Crippen molar-refractivity contribution in [1.82, 2.24) is 19.3 Å². The molecule has 0 fully saturated rings. The van der Waals surface area contributed by atoms with Gasteiger partial charge in [-0.1, -0.05) is 64.1 Å². The first-order valence-corrected chi connectivity index (χ1v) is 16.7. The number of aryl methyl sites for hydroxylation is 3. The second kappa shape index (κ2) is 12.2. The van der Waals surface area contributed by atoms with E-state index < -0.39 is 0 Å². The minimum absolute atomic E-state index is 0.462. The van der Waals surface area contributed by atoms with Gasteiger partial charge in [0.15, 0.2) is 0 Å². The number of hydrogen-bond donors (Lipinski definition) is 0. The standard InChI is InChI=1S/C42H42N4O/c1-8-31-21-34(46-30(7)42(29(6)44-46)32-12-10-9-11-13-32)24-36(22-31)47-35-15-16-37-38-23-33(28(5)26(2)3)14-17-39(38)45(40(37)25-35)41-20-27(4)18-19-43-41/h9-26,28H,8H2,1-7H3. The van der Waals surface area contributed by atoms with Gasteiger partial charge in [-0.3, -0.25) is 4.57 Å². The summed E-state index contributed by atoms with van der Waals surface area (Å²) in [5.41, 5.74) is 11.4. The molecule has 1 unspecified atom stereocenters. The SMILES string of the molecule is CCc1cc(Oc2ccc3c4cc(C(C)C(C)C)ccc4n(-c4cc(C)ccn4)c3c2)cc(-n2nc(C)c(-c3ccccc3)c2C)c1. The fourth-order valence-corrected chi connectivity index (χ4v) is 6.72. The average molecular weight is 619 g/mol. The molecule has 7 aromatic rings. The van der Waals surface area contributed by atoms with Gasteiger partial charge in [0.25, 0.3) is 0 Å². The molecule has 0 spiro atoms. The van der Waals surface area contributed by atoms with E-state index in [9.17, 15) is 0 Å². The summed E-state index contributed by atoms with van der Waals surface area (Å²) >= 11 is 0. The number of pyridine rings is 1. The van der Waals surface area contributed by atoms with Gasteiger partial charge in [-0.2, -0.15) is 5.10 Å². The van der Waals surface area contributed by atoms with Crippen LogP contribution >= 0.6 is 0 Å². The van der Waals surface area contributed by atoms with Crippen molar-refractivity contribution >= 4 is 21.8 Å². The van der Waals surface area contributed by atoms with Crippen LogP contribution in [0.2, 0.25) is 0 Å². The summed E-state index contributed by atoms with van der Waals surface area (Å²) in [7, 11) is 0. The fourth-order valence-electron chi connectivity index (χ4n) is 6.72. The van der Waals surface area contributed by atoms with E-state index in [2.05, 4.69) is 138 Å². The minimum Gasteiger partial charge on any atom is -0.457 e. The zero-order valence-electron chi connectivity index (χ0n) is 28.4. The molecule has 0 radical (unpaired) electrons. The zero-order chi connectivity index (χ0) is 32.8. The molecule has 5 nitrogen and oxygen atoms in total. The van der Waals surface area contributed by atoms with Crippen LogP contribution < -0.4 is 4.74 Å². The van der Waals surface area contributed by atoms with Crippen LogP contribution in [0.5, 0.6) is 11.5 Å². The molecule has 0 saturated carbocycles. The van der Waals surface area contributed by atoms with Crippen LogP contribution in [0.1, 0.15) is 61.7 Å². The number of hydrogen-bond acceptors (Lipinski definition) is 3. The van der Waals surface area contributed by atoms with E-state index in [0.717, 1.165) is 51.8 Å². The van der Waals surface area contributed by atoms with Crippen LogP contribution in [0.4, 0.5) is 0 Å². The summed E-state index contributed by atoms with van der Waals surface area (Å²) in [6.07, 6.45) is 2.77. The van der Waals surface area contributed by atoms with Crippen molar-refractivity contribution in [3.8, 4) is 34.1 Å². The highest BCUT2D eigenvalue weighted by molar-refractivity contribution is 6.09. The average Bonchev–Trinajstić information content (AvgIpc) is 3.56. The van der Waals surface area contributed by atoms with E-state index in [1.54, 1.807) is 0 Å². The van der Waals surface area contributed by atoms with Crippen molar-refractivity contribution in [3.63, 3.8) is 0 Å². The maximum absolute atomic E-state index is 6.68. The third-order valence-corrected chi connectivity index (χ3v) is 9.61. The van der Waals surface area contributed by atoms with Gasteiger partial charge >= 0.3 is 0 Å². The summed E-state index contributed by atoms with van der Waals surface area (Å²) in [6, 6.07) is 34.4. The number of rotatable bonds is 8. The van der Waals surface area contributed by atoms with Crippen molar-refractivity contribution in [2.75, 3.05) is 0 Å². The summed E-state index contributed by atoms with van der Waals surface area (Å²) in [5, 5.41) is 7.40. The van der Waals surface area contributed by atoms with Gasteiger partial charge in [0.1, 0.15) is 17.3 Å². The summed E-state index contributed by atoms with van der Waals surface area (Å²) in [4.78, 5) is 4.80. The Kier molecular flexibility index (Phi) is 7.93. The number of nitrogens with zero attached hydrogens (tertiary/aromatic N) is 4. The Hall–Kier alpha value is -5.16. The molecule has 3 heterocycles. The number of benzene rings is 4. The van der Waals surface area contributed by atoms with E-state index in [-0.39, 0.29) is 0 Å². The van der Waals surface area contributed by atoms with Crippen molar-refractivity contribution in [2.24, 2.45) is 5.92 Å². The Morgan fingerprint density at radius 1 is 0.745 bits per heavy atom. The number of ether oxygens (including phenoxy) is 1. The van der Waals surface area contributed by atoms with Gasteiger partial charge in [-0.15, -0.1) is 0 Å². The van der Waals surface area contributed by atoms with Gasteiger partial charge in [-0.05, 0) is 110 Å². The van der Waals surface area contributed by atoms with E-state index in [1.807, 2.05) is 23.0 Å². The van der Waals surface area contributed by atoms with Gasteiger partial charge in [0, 0.05) is 40.4 Å². The Bertz CT molecular complexity index is 2240. The highest BCUT2D eigenvalue weighted by atomic mass is 16.5. The first-order valence-electron chi connectivity index (χ1n) is 16.7. The quantitative estimate of drug-likeness (QED) is 0.170. The van der Waals surface area contributed by atoms with Crippen LogP contribution in [-0.2, 0) is 6.42 Å². The lowest BCUT2D eigenvalue weighted by molar-refractivity contribution is 0.482. The number of fused-ring (bicyclic) bond motifs is 3. The minimum atomic E-state index is 0.462. The predicted molar refractivity (Wildman–Crippen MR) is 194 cm³/mol. The molecule has 0 N–H and O–H groups in total. The predicted octanol–water partition coefficient (Wildman–Crippen LogP) is 11.1. The molecular weight excluding hydrogens is 576 g/mol. The lowest BCUT2D eigenvalue weighted by Crippen LogP contribution is -2.02. The molecule has 236 valence electrons. The number of aromatic nitrogens is 4. The van der Waals surface area contributed by atoms with Gasteiger partial charge in [0.2, 0.25) is 0 Å². The van der Waals surface area contributed by atoms with E-state index >= 15 is 0 Å². The molecule has 47 heavy (non-hydrogen) atoms. The summed E-state index contributed by atoms with van der Waals surface area (Å²) < 4.78 is 11.0. The second-order valence-corrected chi connectivity index (χ2v) is 13.1. The molecule has 0 aliphatic heterocycles. The van der Waals surface area contributed by atoms with Gasteiger partial charge < -0.3 is 4.74 Å². The first-order chi connectivity index (χ1) is 22.7. The van der Waals surface area contributed by atoms with Gasteiger partial charge in [0.05, 0.1) is 22.4 Å². The third-order valence-electron chi connectivity index (χ3n) is 9.61. The molecule has 4 aromatic carbocycles. The topological polar surface area (TPSA) is 44.9 Å². The lowest BCUT2D eigenvalue weighted by atomic mass is 9.89. The van der Waals surface area contributed by atoms with Crippen LogP contribution in [0, 0.1) is 26.7 Å². The molecule has 0 amide bonds. The maximum Gasteiger partial charge on any atom is 0.137 e. The highest BCUT2D eigenvalue weighted by Crippen LogP contribution is 2.38. The zero-order valence-corrected chi connectivity index (χ0v) is 28.4. The second-order valence-electron chi connectivity index (χ2n) is 13.1. The van der Waals surface area contributed by atoms with E-state index in [0.29, 0.717) is 11.8 Å². The van der Waals surface area contributed by atoms with Crippen molar-refractivity contribution in [3.05, 3.63) is 131 Å². The summed E-state index contributed by atoms with van der Waals surface area (Å²) in [6.45, 7) is 15.4. The highest BCUT2D eigenvalue weighted by Gasteiger charge is 2.19. The lowest BCUT2D eigenvalue weighted by Gasteiger charge is -2.16. The van der Waals surface area contributed by atoms with Crippen LogP contribution in [0.3, 0.4) is 0 Å². The fraction of sp³-hybridized carbons (Fsp3) is 0.238. The first kappa shape index (κ1) is 30.5. The monoisotopic (exact) mass is 618 g/mol. The molecule has 5 heteroatoms. The Balaban J connectivity index is 1.34. The summed E-state index contributed by atoms with van der Waals surface area (Å²) in [5.74, 6) is 3.49. The van der Waals surface area contributed by atoms with Crippen molar-refractivity contribution in [1.29, 1.82) is 0 Å². The molecular formula is C42H42N4O. The smallest absolute Gasteiger partial charge is 0.137 e. The van der Waals surface area contributed by atoms with Crippen molar-refractivity contribution < 1.29 is 4.74 Å². The molecule has 1 atom stereocenters. The van der Waals surface area contributed by atoms with E-state index in [4.69, 9.17) is 14.8 Å². The maximum atomic E-state index is 6.68. The van der Waals surface area contributed by atoms with Crippen LogP contribution in [0.25, 0.3) is 44.4 Å². The van der Waals surface area contributed by atoms with Crippen LogP contribution in [0.15, 0.2) is 103 Å². The van der Waals surface area contributed by atoms with Crippen LogP contribution in [-0.4, -0.2) is 19.3 Å². The molecule has 0 aliphatic carbocycles. The Morgan fingerprint density at radius 2 is 1.55 bits per heavy atom. The molecule has 7 rings (SSSR count). The third kappa shape index (κ3) is 5.61. The normalized spacial score (nSPS) is 12.3. The molecule has 0 bridgehead atoms. The molecule has 0 aliphatic rings. The largest absolute Gasteiger partial charge is 0.457 e. The Labute approximate surface area is 277 Å². The van der Waals surface area contributed by atoms with Gasteiger partial charge in [-0.25, -0.2) is 9.67 Å². The van der Waals surface area contributed by atoms with Crippen molar-refractivity contribution in [2.45, 2.75) is 60.8 Å².